The largest absolute Gasteiger partial charge is 0.497 e. The van der Waals surface area contributed by atoms with Crippen LogP contribution in [-0.2, 0) is 4.79 Å². The Balaban J connectivity index is 2.34. The predicted octanol–water partition coefficient (Wildman–Crippen LogP) is 3.39. The van der Waals surface area contributed by atoms with Gasteiger partial charge < -0.3 is 9.47 Å². The maximum absolute atomic E-state index is 11.0. The second kappa shape index (κ2) is 7.73. The third-order valence-electron chi connectivity index (χ3n) is 3.21. The first-order valence-electron chi connectivity index (χ1n) is 7.02. The third-order valence-corrected chi connectivity index (χ3v) is 3.21. The summed E-state index contributed by atoms with van der Waals surface area (Å²) in [7, 11) is 1.62. The van der Waals surface area contributed by atoms with Crippen LogP contribution in [0.15, 0.2) is 48.5 Å². The summed E-state index contributed by atoms with van der Waals surface area (Å²) in [4.78, 5) is 11.0. The Bertz CT molecular complexity index is 769. The van der Waals surface area contributed by atoms with Crippen molar-refractivity contribution in [2.75, 3.05) is 7.11 Å². The molecule has 0 radical (unpaired) electrons. The highest BCUT2D eigenvalue weighted by molar-refractivity contribution is 5.69. The molecule has 0 aromatic heterocycles. The van der Waals surface area contributed by atoms with Crippen LogP contribution >= 0.6 is 0 Å². The lowest BCUT2D eigenvalue weighted by Crippen LogP contribution is -2.02. The summed E-state index contributed by atoms with van der Waals surface area (Å²) in [5.74, 6) is 8.86. The predicted molar refractivity (Wildman–Crippen MR) is 89.2 cm³/mol. The molecule has 0 saturated carbocycles. The van der Waals surface area contributed by atoms with Crippen LogP contribution < -0.4 is 9.47 Å². The van der Waals surface area contributed by atoms with Crippen molar-refractivity contribution < 1.29 is 14.3 Å². The molecule has 0 amide bonds. The van der Waals surface area contributed by atoms with Gasteiger partial charge in [-0.2, -0.15) is 0 Å². The molecule has 2 aromatic carbocycles. The molecule has 0 spiro atoms. The summed E-state index contributed by atoms with van der Waals surface area (Å²) in [6.45, 7) is 1.37. The Morgan fingerprint density at radius 2 is 1.52 bits per heavy atom. The average Bonchev–Trinajstić information content (AvgIpc) is 2.56. The molecule has 1 unspecified atom stereocenters. The number of carbonyl (C=O) groups is 1. The van der Waals surface area contributed by atoms with Crippen molar-refractivity contribution in [2.45, 2.75) is 12.8 Å². The highest BCUT2D eigenvalue weighted by Gasteiger charge is 2.12. The first-order valence-corrected chi connectivity index (χ1v) is 7.02. The van der Waals surface area contributed by atoms with Gasteiger partial charge in [0.05, 0.1) is 13.0 Å². The van der Waals surface area contributed by atoms with Crippen molar-refractivity contribution >= 4 is 5.97 Å². The van der Waals surface area contributed by atoms with E-state index in [9.17, 15) is 4.79 Å². The molecule has 1 atom stereocenters. The van der Waals surface area contributed by atoms with Gasteiger partial charge in [-0.25, -0.2) is 0 Å². The molecule has 0 fully saturated rings. The Morgan fingerprint density at radius 3 is 1.96 bits per heavy atom. The summed E-state index contributed by atoms with van der Waals surface area (Å²) in [5, 5.41) is 0. The molecule has 2 aromatic rings. The van der Waals surface area contributed by atoms with Gasteiger partial charge in [0.25, 0.3) is 0 Å². The fourth-order valence-electron chi connectivity index (χ4n) is 2.16. The van der Waals surface area contributed by atoms with Crippen LogP contribution in [0.3, 0.4) is 0 Å². The van der Waals surface area contributed by atoms with Crippen molar-refractivity contribution in [2.24, 2.45) is 0 Å². The second-order valence-electron chi connectivity index (χ2n) is 4.78. The topological polar surface area (TPSA) is 35.5 Å². The zero-order valence-electron chi connectivity index (χ0n) is 13.0. The van der Waals surface area contributed by atoms with Crippen molar-refractivity contribution in [1.29, 1.82) is 0 Å². The first kappa shape index (κ1) is 16.2. The number of terminal acetylenes is 1. The summed E-state index contributed by atoms with van der Waals surface area (Å²) >= 11 is 0. The number of benzene rings is 2. The van der Waals surface area contributed by atoms with E-state index < -0.39 is 0 Å². The fourth-order valence-corrected chi connectivity index (χ4v) is 2.16. The number of hydrogen-bond acceptors (Lipinski definition) is 3. The number of methoxy groups -OCH3 is 1. The van der Waals surface area contributed by atoms with E-state index in [0.717, 1.165) is 16.9 Å². The molecule has 3 nitrogen and oxygen atoms in total. The van der Waals surface area contributed by atoms with Crippen LogP contribution in [0.4, 0.5) is 0 Å². The minimum Gasteiger partial charge on any atom is -0.497 e. The average molecular weight is 304 g/mol. The van der Waals surface area contributed by atoms with Crippen LogP contribution in [0.5, 0.6) is 11.5 Å². The summed E-state index contributed by atoms with van der Waals surface area (Å²) in [6, 6.07) is 14.9. The number of rotatable bonds is 4. The second-order valence-corrected chi connectivity index (χ2v) is 4.78. The molecule has 0 aliphatic rings. The molecular formula is C20H16O3. The molecule has 114 valence electrons. The van der Waals surface area contributed by atoms with E-state index in [0.29, 0.717) is 5.75 Å². The SMILES string of the molecule is C#CC#CC(c1ccc(OC)cc1)c1ccc(OC(C)=O)cc1. The zero-order valence-corrected chi connectivity index (χ0v) is 13.0. The molecule has 0 aliphatic carbocycles. The van der Waals surface area contributed by atoms with Crippen LogP contribution in [0.1, 0.15) is 24.0 Å². The van der Waals surface area contributed by atoms with E-state index >= 15 is 0 Å². The summed E-state index contributed by atoms with van der Waals surface area (Å²) in [6.07, 6.45) is 5.26. The highest BCUT2D eigenvalue weighted by Crippen LogP contribution is 2.27. The van der Waals surface area contributed by atoms with Gasteiger partial charge in [0.2, 0.25) is 0 Å². The molecule has 0 saturated heterocycles. The highest BCUT2D eigenvalue weighted by atomic mass is 16.5. The Hall–Kier alpha value is -3.17. The fraction of sp³-hybridized carbons (Fsp3) is 0.150. The van der Waals surface area contributed by atoms with Crippen molar-refractivity contribution in [1.82, 2.24) is 0 Å². The molecule has 0 bridgehead atoms. The third kappa shape index (κ3) is 4.40. The van der Waals surface area contributed by atoms with Crippen molar-refractivity contribution in [3.8, 4) is 35.7 Å². The summed E-state index contributed by atoms with van der Waals surface area (Å²) < 4.78 is 10.2. The van der Waals surface area contributed by atoms with Gasteiger partial charge in [-0.1, -0.05) is 30.2 Å². The zero-order chi connectivity index (χ0) is 16.7. The maximum atomic E-state index is 11.0. The molecule has 2 rings (SSSR count). The molecule has 23 heavy (non-hydrogen) atoms. The van der Waals surface area contributed by atoms with E-state index in [4.69, 9.17) is 15.9 Å². The Labute approximate surface area is 136 Å². The van der Waals surface area contributed by atoms with Gasteiger partial charge in [0.1, 0.15) is 11.5 Å². The van der Waals surface area contributed by atoms with Crippen LogP contribution in [0, 0.1) is 24.2 Å². The van der Waals surface area contributed by atoms with Gasteiger partial charge >= 0.3 is 5.97 Å². The normalized spacial score (nSPS) is 10.7. The van der Waals surface area contributed by atoms with Gasteiger partial charge in [0.15, 0.2) is 0 Å². The van der Waals surface area contributed by atoms with Gasteiger partial charge in [0, 0.05) is 6.92 Å². The van der Waals surface area contributed by atoms with E-state index in [1.807, 2.05) is 36.4 Å². The number of ether oxygens (including phenoxy) is 2. The minimum atomic E-state index is -0.350. The minimum absolute atomic E-state index is 0.164. The smallest absolute Gasteiger partial charge is 0.308 e. The van der Waals surface area contributed by atoms with Gasteiger partial charge in [-0.3, -0.25) is 4.79 Å². The Morgan fingerprint density at radius 1 is 1.00 bits per heavy atom. The summed E-state index contributed by atoms with van der Waals surface area (Å²) in [5.41, 5.74) is 1.97. The molecule has 0 N–H and O–H groups in total. The maximum Gasteiger partial charge on any atom is 0.308 e. The molecular weight excluding hydrogens is 288 g/mol. The van der Waals surface area contributed by atoms with Crippen LogP contribution in [-0.4, -0.2) is 13.1 Å². The van der Waals surface area contributed by atoms with E-state index in [1.54, 1.807) is 19.2 Å². The monoisotopic (exact) mass is 304 g/mol. The first-order chi connectivity index (χ1) is 11.1. The van der Waals surface area contributed by atoms with Crippen molar-refractivity contribution in [3.05, 3.63) is 59.7 Å². The van der Waals surface area contributed by atoms with Crippen LogP contribution in [0.25, 0.3) is 0 Å². The quantitative estimate of drug-likeness (QED) is 0.493. The lowest BCUT2D eigenvalue weighted by atomic mass is 9.91. The number of esters is 1. The van der Waals surface area contributed by atoms with Gasteiger partial charge in [-0.05, 0) is 47.2 Å². The number of carbonyl (C=O) groups excluding carboxylic acids is 1. The standard InChI is InChI=1S/C20H16O3/c1-4-5-6-20(16-7-11-18(22-3)12-8-16)17-9-13-19(14-10-17)23-15(2)21/h1,7-14,20H,2-3H3. The lowest BCUT2D eigenvalue weighted by molar-refractivity contribution is -0.131. The van der Waals surface area contributed by atoms with E-state index in [2.05, 4.69) is 17.8 Å². The number of hydrogen-bond donors (Lipinski definition) is 0. The van der Waals surface area contributed by atoms with Crippen molar-refractivity contribution in [3.63, 3.8) is 0 Å². The Kier molecular flexibility index (Phi) is 5.45. The molecule has 0 heterocycles. The molecule has 0 aliphatic heterocycles. The van der Waals surface area contributed by atoms with E-state index in [-0.39, 0.29) is 11.9 Å². The molecule has 3 heteroatoms. The lowest BCUT2D eigenvalue weighted by Gasteiger charge is -2.13. The van der Waals surface area contributed by atoms with E-state index in [1.165, 1.54) is 6.92 Å². The van der Waals surface area contributed by atoms with Gasteiger partial charge in [-0.15, -0.1) is 6.42 Å². The van der Waals surface area contributed by atoms with Crippen LogP contribution in [0.2, 0.25) is 0 Å².